The van der Waals surface area contributed by atoms with E-state index in [-0.39, 0.29) is 12.8 Å². The van der Waals surface area contributed by atoms with Crippen LogP contribution in [0.3, 0.4) is 0 Å². The highest BCUT2D eigenvalue weighted by Crippen LogP contribution is 2.25. The van der Waals surface area contributed by atoms with Crippen molar-refractivity contribution in [1.82, 2.24) is 31.2 Å². The van der Waals surface area contributed by atoms with Crippen molar-refractivity contribution in [2.45, 2.75) is 91.1 Å². The average Bonchev–Trinajstić information content (AvgIpc) is 3.18. The largest absolute Gasteiger partial charge is 0.453 e. The van der Waals surface area contributed by atoms with Gasteiger partial charge in [-0.3, -0.25) is 19.6 Å². The molecule has 304 valence electrons. The lowest BCUT2D eigenvalue weighted by molar-refractivity contribution is -0.128. The summed E-state index contributed by atoms with van der Waals surface area (Å²) in [6.07, 6.45) is 1.29. The number of ether oxygens (including phenoxy) is 2. The third-order valence-corrected chi connectivity index (χ3v) is 9.58. The van der Waals surface area contributed by atoms with Gasteiger partial charge >= 0.3 is 12.2 Å². The fourth-order valence-corrected chi connectivity index (χ4v) is 6.42. The van der Waals surface area contributed by atoms with Crippen LogP contribution in [0, 0.1) is 10.8 Å². The molecule has 2 aromatic heterocycles. The molecule has 5 N–H and O–H groups in total. The number of aliphatic hydroxyl groups excluding tert-OH is 1. The predicted molar refractivity (Wildman–Crippen MR) is 219 cm³/mol. The highest BCUT2D eigenvalue weighted by atomic mass is 16.5. The molecule has 0 radical (unpaired) electrons. The molecule has 13 nitrogen and oxygen atoms in total. The number of aromatic nitrogens is 2. The van der Waals surface area contributed by atoms with Crippen LogP contribution < -0.4 is 21.3 Å². The lowest BCUT2D eigenvalue weighted by Gasteiger charge is -2.34. The Kier molecular flexibility index (Phi) is 15.3. The number of nitrogens with one attached hydrogen (secondary N) is 4. The molecule has 2 heterocycles. The first-order valence-corrected chi connectivity index (χ1v) is 19.0. The molecule has 0 fully saturated rings. The minimum Gasteiger partial charge on any atom is -0.453 e. The van der Waals surface area contributed by atoms with E-state index in [1.807, 2.05) is 126 Å². The van der Waals surface area contributed by atoms with Gasteiger partial charge in [0, 0.05) is 29.6 Å². The van der Waals surface area contributed by atoms with Crippen molar-refractivity contribution in [2.24, 2.45) is 10.8 Å². The summed E-state index contributed by atoms with van der Waals surface area (Å²) >= 11 is 0. The lowest BCUT2D eigenvalue weighted by atomic mass is 9.85. The number of nitrogens with zero attached hydrogens (tertiary/aromatic N) is 2. The molecule has 0 spiro atoms. The number of rotatable bonds is 15. The molecule has 4 amide bonds. The second kappa shape index (κ2) is 19.9. The Morgan fingerprint density at radius 1 is 0.596 bits per heavy atom. The van der Waals surface area contributed by atoms with Crippen LogP contribution in [0.25, 0.3) is 22.5 Å². The Morgan fingerprint density at radius 2 is 1.02 bits per heavy atom. The van der Waals surface area contributed by atoms with E-state index < -0.39 is 65.1 Å². The van der Waals surface area contributed by atoms with E-state index in [1.165, 1.54) is 14.2 Å². The summed E-state index contributed by atoms with van der Waals surface area (Å²) in [7, 11) is 2.45. The average molecular weight is 781 g/mol. The highest BCUT2D eigenvalue weighted by Gasteiger charge is 2.37. The van der Waals surface area contributed by atoms with Gasteiger partial charge in [-0.25, -0.2) is 9.59 Å². The van der Waals surface area contributed by atoms with Crippen LogP contribution in [0.2, 0.25) is 0 Å². The maximum Gasteiger partial charge on any atom is 0.407 e. The fourth-order valence-electron chi connectivity index (χ4n) is 6.42. The van der Waals surface area contributed by atoms with Crippen molar-refractivity contribution < 1.29 is 33.8 Å². The third-order valence-electron chi connectivity index (χ3n) is 9.58. The van der Waals surface area contributed by atoms with E-state index in [4.69, 9.17) is 9.47 Å². The van der Waals surface area contributed by atoms with Gasteiger partial charge in [-0.05, 0) is 65.5 Å². The van der Waals surface area contributed by atoms with Crippen molar-refractivity contribution >= 4 is 24.0 Å². The molecule has 0 aliphatic carbocycles. The standard InChI is InChI=1S/C44H56N6O7/c1-43(2,3)37(49-41(54)56-7)39(52)47-32(25-28-15-19-30(20-16-28)33-13-9-11-23-45-33)27-36(51)35(48-40(53)38(44(4,5)6)50-42(55)57-8)26-29-17-21-31(22-18-29)34-14-10-12-24-46-34/h9-24,32,35-38,51H,25-27H2,1-8H3,(H,47,52)(H,48,53)(H,49,54)(H,50,55)/t32-,35-,36-,37-,38-/m1/s1. The van der Waals surface area contributed by atoms with Crippen LogP contribution in [0.5, 0.6) is 0 Å². The first-order valence-electron chi connectivity index (χ1n) is 19.0. The molecule has 0 unspecified atom stereocenters. The van der Waals surface area contributed by atoms with Crippen molar-refractivity contribution in [1.29, 1.82) is 0 Å². The minimum atomic E-state index is -1.19. The van der Waals surface area contributed by atoms with E-state index in [9.17, 15) is 24.3 Å². The maximum atomic E-state index is 14.0. The topological polar surface area (TPSA) is 181 Å². The third kappa shape index (κ3) is 13.1. The number of hydrogen-bond donors (Lipinski definition) is 5. The molecule has 0 bridgehead atoms. The number of benzene rings is 2. The number of amides is 4. The predicted octanol–water partition coefficient (Wildman–Crippen LogP) is 5.86. The van der Waals surface area contributed by atoms with E-state index in [0.29, 0.717) is 6.42 Å². The van der Waals surface area contributed by atoms with Gasteiger partial charge in [0.05, 0.1) is 37.8 Å². The van der Waals surface area contributed by atoms with Crippen molar-refractivity contribution in [3.05, 3.63) is 108 Å². The first kappa shape index (κ1) is 43.9. The molecule has 0 aliphatic rings. The number of carbonyl (C=O) groups excluding carboxylic acids is 4. The summed E-state index contributed by atoms with van der Waals surface area (Å²) in [5, 5.41) is 23.5. The van der Waals surface area contributed by atoms with Crippen molar-refractivity contribution in [2.75, 3.05) is 14.2 Å². The minimum absolute atomic E-state index is 0.0183. The molecule has 13 heteroatoms. The number of carbonyl (C=O) groups is 4. The van der Waals surface area contributed by atoms with Gasteiger partial charge in [0.1, 0.15) is 12.1 Å². The fraction of sp³-hybridized carbons (Fsp3) is 0.409. The Hall–Kier alpha value is -5.82. The van der Waals surface area contributed by atoms with Crippen LogP contribution in [0.4, 0.5) is 9.59 Å². The van der Waals surface area contributed by atoms with E-state index >= 15 is 0 Å². The number of alkyl carbamates (subject to hydrolysis) is 2. The van der Waals surface area contributed by atoms with Gasteiger partial charge in [-0.1, -0.05) is 102 Å². The smallest absolute Gasteiger partial charge is 0.407 e. The molecular formula is C44H56N6O7. The second-order valence-electron chi connectivity index (χ2n) is 16.2. The number of hydrogen-bond acceptors (Lipinski definition) is 9. The summed E-state index contributed by atoms with van der Waals surface area (Å²) < 4.78 is 9.63. The van der Waals surface area contributed by atoms with Gasteiger partial charge in [-0.15, -0.1) is 0 Å². The number of pyridine rings is 2. The zero-order valence-corrected chi connectivity index (χ0v) is 34.0. The molecule has 2 aromatic carbocycles. The Labute approximate surface area is 335 Å². The quantitative estimate of drug-likeness (QED) is 0.0988. The summed E-state index contributed by atoms with van der Waals surface area (Å²) in [6.45, 7) is 10.9. The van der Waals surface area contributed by atoms with Crippen LogP contribution >= 0.6 is 0 Å². The van der Waals surface area contributed by atoms with Crippen LogP contribution in [0.1, 0.15) is 59.1 Å². The molecule has 4 aromatic rings. The van der Waals surface area contributed by atoms with Gasteiger partial charge in [0.2, 0.25) is 11.8 Å². The lowest BCUT2D eigenvalue weighted by Crippen LogP contribution is -2.59. The Morgan fingerprint density at radius 3 is 1.40 bits per heavy atom. The Bertz CT molecular complexity index is 1910. The number of methoxy groups -OCH3 is 2. The van der Waals surface area contributed by atoms with E-state index in [0.717, 1.165) is 33.6 Å². The monoisotopic (exact) mass is 780 g/mol. The van der Waals surface area contributed by atoms with Crippen molar-refractivity contribution in [3.8, 4) is 22.5 Å². The van der Waals surface area contributed by atoms with Gasteiger partial charge in [-0.2, -0.15) is 0 Å². The highest BCUT2D eigenvalue weighted by molar-refractivity contribution is 5.87. The number of aliphatic hydroxyl groups is 1. The zero-order chi connectivity index (χ0) is 41.8. The van der Waals surface area contributed by atoms with E-state index in [2.05, 4.69) is 31.2 Å². The molecule has 0 saturated carbocycles. The molecular weight excluding hydrogens is 725 g/mol. The van der Waals surface area contributed by atoms with Crippen LogP contribution in [-0.4, -0.2) is 83.6 Å². The first-order chi connectivity index (χ1) is 27.0. The summed E-state index contributed by atoms with van der Waals surface area (Å²) in [5.41, 5.74) is 3.73. The van der Waals surface area contributed by atoms with Crippen LogP contribution in [0.15, 0.2) is 97.3 Å². The SMILES string of the molecule is COC(=O)N[C@H](C(=O)N[C@H](Cc1ccc(-c2ccccn2)cc1)C[C@@H](O)[C@@H](Cc1ccc(-c2ccccn2)cc1)NC(=O)[C@@H](NC(=O)OC)C(C)(C)C)C(C)(C)C. The second-order valence-corrected chi connectivity index (χ2v) is 16.2. The van der Waals surface area contributed by atoms with Crippen LogP contribution in [-0.2, 0) is 31.9 Å². The van der Waals surface area contributed by atoms with Crippen molar-refractivity contribution in [3.63, 3.8) is 0 Å². The molecule has 5 atom stereocenters. The maximum absolute atomic E-state index is 14.0. The van der Waals surface area contributed by atoms with E-state index in [1.54, 1.807) is 12.4 Å². The zero-order valence-electron chi connectivity index (χ0n) is 34.0. The summed E-state index contributed by atoms with van der Waals surface area (Å²) in [4.78, 5) is 61.5. The molecule has 57 heavy (non-hydrogen) atoms. The molecule has 0 saturated heterocycles. The molecule has 4 rings (SSSR count). The van der Waals surface area contributed by atoms with Gasteiger partial charge in [0.15, 0.2) is 0 Å². The Balaban J connectivity index is 1.68. The molecule has 0 aliphatic heterocycles. The summed E-state index contributed by atoms with van der Waals surface area (Å²) in [6, 6.07) is 23.3. The normalized spacial score (nSPS) is 14.2. The summed E-state index contributed by atoms with van der Waals surface area (Å²) in [5.74, 6) is -0.973. The van der Waals surface area contributed by atoms with Gasteiger partial charge < -0.3 is 35.8 Å². The van der Waals surface area contributed by atoms with Gasteiger partial charge in [0.25, 0.3) is 0 Å².